The molecule has 0 bridgehead atoms. The Morgan fingerprint density at radius 1 is 1.30 bits per heavy atom. The third-order valence-electron chi connectivity index (χ3n) is 3.19. The number of anilines is 1. The summed E-state index contributed by atoms with van der Waals surface area (Å²) in [6, 6.07) is 9.93. The second-order valence-electron chi connectivity index (χ2n) is 4.66. The summed E-state index contributed by atoms with van der Waals surface area (Å²) in [7, 11) is 1.97. The van der Waals surface area contributed by atoms with Gasteiger partial charge in [0.2, 0.25) is 0 Å². The number of hydrogen-bond acceptors (Lipinski definition) is 5. The van der Waals surface area contributed by atoms with Crippen molar-refractivity contribution in [1.29, 1.82) is 0 Å². The van der Waals surface area contributed by atoms with Gasteiger partial charge in [0.25, 0.3) is 0 Å². The first-order chi connectivity index (χ1) is 9.78. The molecule has 0 atom stereocenters. The molecule has 0 aliphatic heterocycles. The molecule has 0 unspecified atom stereocenters. The van der Waals surface area contributed by atoms with Crippen LogP contribution in [0.2, 0.25) is 0 Å². The standard InChI is InChI=1S/C15H15N3OS/c1-18(7-13-9-20-10-16-13)15-12(8-19)6-11-4-2-3-5-14(11)17-15/h2-6,9-10,19H,7-8H2,1H3. The number of hydrogen-bond donors (Lipinski definition) is 1. The molecule has 102 valence electrons. The summed E-state index contributed by atoms with van der Waals surface area (Å²) in [5.74, 6) is 0.805. The van der Waals surface area contributed by atoms with Crippen LogP contribution in [-0.2, 0) is 13.2 Å². The molecule has 0 spiro atoms. The van der Waals surface area contributed by atoms with E-state index in [4.69, 9.17) is 0 Å². The molecule has 3 rings (SSSR count). The smallest absolute Gasteiger partial charge is 0.134 e. The highest BCUT2D eigenvalue weighted by Gasteiger charge is 2.11. The van der Waals surface area contributed by atoms with Crippen LogP contribution in [0.4, 0.5) is 5.82 Å². The molecule has 0 saturated heterocycles. The van der Waals surface area contributed by atoms with Gasteiger partial charge in [0, 0.05) is 23.4 Å². The van der Waals surface area contributed by atoms with Gasteiger partial charge in [-0.25, -0.2) is 9.97 Å². The van der Waals surface area contributed by atoms with E-state index in [2.05, 4.69) is 9.97 Å². The number of pyridine rings is 1. The molecule has 5 heteroatoms. The minimum absolute atomic E-state index is 0.0193. The quantitative estimate of drug-likeness (QED) is 0.801. The SMILES string of the molecule is CN(Cc1cscn1)c1nc2ccccc2cc1CO. The van der Waals surface area contributed by atoms with E-state index in [1.807, 2.05) is 53.2 Å². The fraction of sp³-hybridized carbons (Fsp3) is 0.200. The van der Waals surface area contributed by atoms with Gasteiger partial charge >= 0.3 is 0 Å². The van der Waals surface area contributed by atoms with Gasteiger partial charge in [-0.1, -0.05) is 18.2 Å². The van der Waals surface area contributed by atoms with Crippen molar-refractivity contribution < 1.29 is 5.11 Å². The summed E-state index contributed by atoms with van der Waals surface area (Å²) < 4.78 is 0. The molecule has 0 amide bonds. The summed E-state index contributed by atoms with van der Waals surface area (Å²) in [5, 5.41) is 12.6. The van der Waals surface area contributed by atoms with Crippen LogP contribution in [0, 0.1) is 0 Å². The zero-order valence-corrected chi connectivity index (χ0v) is 12.0. The van der Waals surface area contributed by atoms with Gasteiger partial charge in [-0.15, -0.1) is 11.3 Å². The Morgan fingerprint density at radius 3 is 2.90 bits per heavy atom. The van der Waals surface area contributed by atoms with Crippen molar-refractivity contribution in [3.8, 4) is 0 Å². The number of nitrogens with zero attached hydrogens (tertiary/aromatic N) is 3. The molecule has 2 heterocycles. The third-order valence-corrected chi connectivity index (χ3v) is 3.83. The van der Waals surface area contributed by atoms with Gasteiger partial charge in [0.1, 0.15) is 5.82 Å². The van der Waals surface area contributed by atoms with Gasteiger partial charge in [-0.3, -0.25) is 0 Å². The lowest BCUT2D eigenvalue weighted by molar-refractivity contribution is 0.282. The number of thiazole rings is 1. The molecule has 1 aromatic carbocycles. The summed E-state index contributed by atoms with van der Waals surface area (Å²) in [6.45, 7) is 0.663. The van der Waals surface area contributed by atoms with Crippen LogP contribution in [0.3, 0.4) is 0 Å². The number of fused-ring (bicyclic) bond motifs is 1. The maximum atomic E-state index is 9.57. The van der Waals surface area contributed by atoms with Crippen LogP contribution in [0.1, 0.15) is 11.3 Å². The second kappa shape index (κ2) is 5.56. The minimum Gasteiger partial charge on any atom is -0.392 e. The topological polar surface area (TPSA) is 49.2 Å². The molecule has 0 aliphatic carbocycles. The van der Waals surface area contributed by atoms with Gasteiger partial charge in [-0.2, -0.15) is 0 Å². The molecule has 0 saturated carbocycles. The van der Waals surface area contributed by atoms with E-state index < -0.39 is 0 Å². The van der Waals surface area contributed by atoms with Crippen LogP contribution in [-0.4, -0.2) is 22.1 Å². The number of aliphatic hydroxyl groups is 1. The highest BCUT2D eigenvalue weighted by atomic mass is 32.1. The van der Waals surface area contributed by atoms with Gasteiger partial charge in [0.15, 0.2) is 0 Å². The predicted molar refractivity (Wildman–Crippen MR) is 81.9 cm³/mol. The highest BCUT2D eigenvalue weighted by molar-refractivity contribution is 7.07. The largest absolute Gasteiger partial charge is 0.392 e. The van der Waals surface area contributed by atoms with Crippen molar-refractivity contribution in [3.05, 3.63) is 52.5 Å². The molecule has 4 nitrogen and oxygen atoms in total. The molecule has 1 N–H and O–H groups in total. The van der Waals surface area contributed by atoms with Crippen LogP contribution in [0.25, 0.3) is 10.9 Å². The zero-order chi connectivity index (χ0) is 13.9. The first-order valence-corrected chi connectivity index (χ1v) is 7.30. The van der Waals surface area contributed by atoms with E-state index in [9.17, 15) is 5.11 Å². The van der Waals surface area contributed by atoms with Crippen LogP contribution >= 0.6 is 11.3 Å². The van der Waals surface area contributed by atoms with Crippen molar-refractivity contribution in [2.75, 3.05) is 11.9 Å². The number of aromatic nitrogens is 2. The maximum Gasteiger partial charge on any atom is 0.134 e. The lowest BCUT2D eigenvalue weighted by Gasteiger charge is -2.20. The van der Waals surface area contributed by atoms with E-state index in [-0.39, 0.29) is 6.61 Å². The van der Waals surface area contributed by atoms with Gasteiger partial charge in [0.05, 0.1) is 29.9 Å². The molecule has 0 radical (unpaired) electrons. The lowest BCUT2D eigenvalue weighted by atomic mass is 10.1. The first kappa shape index (κ1) is 13.0. The minimum atomic E-state index is -0.0193. The fourth-order valence-corrected chi connectivity index (χ4v) is 2.78. The molecule has 0 aliphatic rings. The van der Waals surface area contributed by atoms with Crippen LogP contribution in [0.5, 0.6) is 0 Å². The second-order valence-corrected chi connectivity index (χ2v) is 5.38. The highest BCUT2D eigenvalue weighted by Crippen LogP contribution is 2.24. The summed E-state index contributed by atoms with van der Waals surface area (Å²) in [6.07, 6.45) is 0. The molecular formula is C15H15N3OS. The van der Waals surface area contributed by atoms with Gasteiger partial charge < -0.3 is 10.0 Å². The molecule has 0 fully saturated rings. The van der Waals surface area contributed by atoms with E-state index in [0.717, 1.165) is 28.0 Å². The Morgan fingerprint density at radius 2 is 2.15 bits per heavy atom. The Balaban J connectivity index is 2.00. The average molecular weight is 285 g/mol. The Hall–Kier alpha value is -1.98. The van der Waals surface area contributed by atoms with E-state index in [1.165, 1.54) is 0 Å². The van der Waals surface area contributed by atoms with Crippen molar-refractivity contribution in [3.63, 3.8) is 0 Å². The van der Waals surface area contributed by atoms with E-state index in [0.29, 0.717) is 6.54 Å². The Kier molecular flexibility index (Phi) is 3.62. The summed E-state index contributed by atoms with van der Waals surface area (Å²) >= 11 is 1.58. The predicted octanol–water partition coefficient (Wildman–Crippen LogP) is 2.82. The zero-order valence-electron chi connectivity index (χ0n) is 11.2. The van der Waals surface area contributed by atoms with Crippen LogP contribution < -0.4 is 4.90 Å². The van der Waals surface area contributed by atoms with Crippen molar-refractivity contribution in [2.24, 2.45) is 0 Å². The lowest BCUT2D eigenvalue weighted by Crippen LogP contribution is -2.19. The number of rotatable bonds is 4. The average Bonchev–Trinajstić information content (AvgIpc) is 2.98. The summed E-state index contributed by atoms with van der Waals surface area (Å²) in [5.41, 5.74) is 4.60. The normalized spacial score (nSPS) is 10.9. The van der Waals surface area contributed by atoms with Crippen LogP contribution in [0.15, 0.2) is 41.2 Å². The fourth-order valence-electron chi connectivity index (χ4n) is 2.23. The third kappa shape index (κ3) is 2.50. The molecule has 3 aromatic rings. The monoisotopic (exact) mass is 285 g/mol. The van der Waals surface area contributed by atoms with Crippen molar-refractivity contribution in [2.45, 2.75) is 13.2 Å². The van der Waals surface area contributed by atoms with Gasteiger partial charge in [-0.05, 0) is 12.1 Å². The first-order valence-electron chi connectivity index (χ1n) is 6.35. The number of aliphatic hydroxyl groups excluding tert-OH is 1. The summed E-state index contributed by atoms with van der Waals surface area (Å²) in [4.78, 5) is 11.0. The number of benzene rings is 1. The Labute approximate surface area is 121 Å². The van der Waals surface area contributed by atoms with E-state index in [1.54, 1.807) is 11.3 Å². The van der Waals surface area contributed by atoms with Crippen molar-refractivity contribution >= 4 is 28.1 Å². The number of para-hydroxylation sites is 1. The molecule has 2 aromatic heterocycles. The molecule has 20 heavy (non-hydrogen) atoms. The van der Waals surface area contributed by atoms with Crippen molar-refractivity contribution in [1.82, 2.24) is 9.97 Å². The van der Waals surface area contributed by atoms with E-state index >= 15 is 0 Å². The molecular weight excluding hydrogens is 270 g/mol. The Bertz CT molecular complexity index is 712. The maximum absolute atomic E-state index is 9.57.